The second-order valence-corrected chi connectivity index (χ2v) is 4.10. The van der Waals surface area contributed by atoms with Gasteiger partial charge in [0.2, 0.25) is 5.91 Å². The molecule has 0 radical (unpaired) electrons. The third-order valence-corrected chi connectivity index (χ3v) is 2.74. The van der Waals surface area contributed by atoms with E-state index in [2.05, 4.69) is 5.32 Å². The summed E-state index contributed by atoms with van der Waals surface area (Å²) in [4.78, 5) is 24.1. The number of carbonyl (C=O) groups excluding carboxylic acids is 1. The van der Waals surface area contributed by atoms with Crippen LogP contribution in [0.1, 0.15) is 24.2 Å². The topological polar surface area (TPSA) is 69.6 Å². The fourth-order valence-electron chi connectivity index (χ4n) is 1.51. The van der Waals surface area contributed by atoms with Gasteiger partial charge in [0, 0.05) is 19.3 Å². The molecule has 0 bridgehead atoms. The van der Waals surface area contributed by atoms with Gasteiger partial charge in [0.1, 0.15) is 6.04 Å². The molecule has 1 aromatic rings. The minimum Gasteiger partial charge on any atom is -0.478 e. The molecule has 18 heavy (non-hydrogen) atoms. The zero-order valence-corrected chi connectivity index (χ0v) is 10.8. The molecule has 1 amide bonds. The average Bonchev–Trinajstić information content (AvgIpc) is 2.37. The smallest absolute Gasteiger partial charge is 0.335 e. The van der Waals surface area contributed by atoms with E-state index in [0.29, 0.717) is 6.54 Å². The van der Waals surface area contributed by atoms with Crippen LogP contribution >= 0.6 is 0 Å². The third kappa shape index (κ3) is 3.48. The monoisotopic (exact) mass is 250 g/mol. The van der Waals surface area contributed by atoms with Gasteiger partial charge in [-0.1, -0.05) is 0 Å². The SMILES string of the molecule is CCN(C)C(=O)C(C)Nc1ccc(C(=O)O)cc1. The molecule has 0 saturated carbocycles. The van der Waals surface area contributed by atoms with Gasteiger partial charge in [-0.05, 0) is 38.1 Å². The van der Waals surface area contributed by atoms with Crippen molar-refractivity contribution in [2.24, 2.45) is 0 Å². The molecule has 0 aliphatic carbocycles. The van der Waals surface area contributed by atoms with Crippen LogP contribution in [-0.2, 0) is 4.79 Å². The van der Waals surface area contributed by atoms with Crippen molar-refractivity contribution in [3.63, 3.8) is 0 Å². The van der Waals surface area contributed by atoms with Crippen molar-refractivity contribution in [3.05, 3.63) is 29.8 Å². The van der Waals surface area contributed by atoms with Crippen LogP contribution in [0.4, 0.5) is 5.69 Å². The number of nitrogens with one attached hydrogen (secondary N) is 1. The minimum absolute atomic E-state index is 0.000175. The van der Waals surface area contributed by atoms with Gasteiger partial charge in [-0.25, -0.2) is 4.79 Å². The number of carboxylic acids is 1. The van der Waals surface area contributed by atoms with Gasteiger partial charge >= 0.3 is 5.97 Å². The Morgan fingerprint density at radius 3 is 2.33 bits per heavy atom. The van der Waals surface area contributed by atoms with E-state index in [0.717, 1.165) is 5.69 Å². The van der Waals surface area contributed by atoms with Gasteiger partial charge in [0.25, 0.3) is 0 Å². The first-order chi connectivity index (χ1) is 8.45. The Bertz CT molecular complexity index is 428. The van der Waals surface area contributed by atoms with Gasteiger partial charge in [-0.2, -0.15) is 0 Å². The predicted octanol–water partition coefficient (Wildman–Crippen LogP) is 1.66. The molecule has 5 nitrogen and oxygen atoms in total. The maximum Gasteiger partial charge on any atom is 0.335 e. The summed E-state index contributed by atoms with van der Waals surface area (Å²) in [7, 11) is 1.74. The molecular weight excluding hydrogens is 232 g/mol. The number of likely N-dealkylation sites (N-methyl/N-ethyl adjacent to an activating group) is 1. The maximum absolute atomic E-state index is 11.8. The van der Waals surface area contributed by atoms with Gasteiger partial charge < -0.3 is 15.3 Å². The molecule has 0 spiro atoms. The molecule has 2 N–H and O–H groups in total. The minimum atomic E-state index is -0.962. The Labute approximate surface area is 106 Å². The number of hydrogen-bond donors (Lipinski definition) is 2. The van der Waals surface area contributed by atoms with Crippen LogP contribution in [0, 0.1) is 0 Å². The van der Waals surface area contributed by atoms with E-state index in [4.69, 9.17) is 5.11 Å². The lowest BCUT2D eigenvalue weighted by atomic mass is 10.2. The standard InChI is InChI=1S/C13H18N2O3/c1-4-15(3)12(16)9(2)14-11-7-5-10(6-8-11)13(17)18/h5-9,14H,4H2,1-3H3,(H,17,18). The van der Waals surface area contributed by atoms with E-state index in [1.807, 2.05) is 6.92 Å². The lowest BCUT2D eigenvalue weighted by Crippen LogP contribution is -2.38. The predicted molar refractivity (Wildman–Crippen MR) is 69.8 cm³/mol. The lowest BCUT2D eigenvalue weighted by molar-refractivity contribution is -0.130. The number of benzene rings is 1. The first-order valence-corrected chi connectivity index (χ1v) is 5.80. The highest BCUT2D eigenvalue weighted by Crippen LogP contribution is 2.11. The average molecular weight is 250 g/mol. The number of nitrogens with zero attached hydrogens (tertiary/aromatic N) is 1. The molecule has 1 rings (SSSR count). The van der Waals surface area contributed by atoms with Crippen LogP contribution in [0.3, 0.4) is 0 Å². The van der Waals surface area contributed by atoms with Crippen molar-refractivity contribution in [3.8, 4) is 0 Å². The second-order valence-electron chi connectivity index (χ2n) is 4.10. The molecular formula is C13H18N2O3. The molecule has 1 atom stereocenters. The van der Waals surface area contributed by atoms with E-state index in [1.165, 1.54) is 12.1 Å². The number of hydrogen-bond acceptors (Lipinski definition) is 3. The van der Waals surface area contributed by atoms with E-state index in [1.54, 1.807) is 31.0 Å². The van der Waals surface area contributed by atoms with Crippen LogP contribution in [0.2, 0.25) is 0 Å². The molecule has 98 valence electrons. The molecule has 0 heterocycles. The number of anilines is 1. The van der Waals surface area contributed by atoms with Crippen LogP contribution in [0.15, 0.2) is 24.3 Å². The Balaban J connectivity index is 2.67. The normalized spacial score (nSPS) is 11.7. The van der Waals surface area contributed by atoms with Gasteiger partial charge in [0.05, 0.1) is 5.56 Å². The molecule has 0 fully saturated rings. The molecule has 0 aromatic heterocycles. The quantitative estimate of drug-likeness (QED) is 0.834. The largest absolute Gasteiger partial charge is 0.478 e. The van der Waals surface area contributed by atoms with Crippen molar-refractivity contribution < 1.29 is 14.7 Å². The Morgan fingerprint density at radius 2 is 1.89 bits per heavy atom. The van der Waals surface area contributed by atoms with Gasteiger partial charge in [-0.3, -0.25) is 4.79 Å². The number of rotatable bonds is 5. The summed E-state index contributed by atoms with van der Waals surface area (Å²) in [6.45, 7) is 4.34. The van der Waals surface area contributed by atoms with E-state index < -0.39 is 5.97 Å². The molecule has 0 aliphatic rings. The van der Waals surface area contributed by atoms with Crippen molar-refractivity contribution in [2.45, 2.75) is 19.9 Å². The molecule has 1 unspecified atom stereocenters. The Hall–Kier alpha value is -2.04. The molecule has 0 aliphatic heterocycles. The molecule has 1 aromatic carbocycles. The van der Waals surface area contributed by atoms with E-state index in [9.17, 15) is 9.59 Å². The zero-order chi connectivity index (χ0) is 13.7. The van der Waals surface area contributed by atoms with Crippen molar-refractivity contribution in [2.75, 3.05) is 18.9 Å². The van der Waals surface area contributed by atoms with Crippen LogP contribution in [-0.4, -0.2) is 41.5 Å². The molecule has 5 heteroatoms. The summed E-state index contributed by atoms with van der Waals surface area (Å²) in [5, 5.41) is 11.8. The summed E-state index contributed by atoms with van der Waals surface area (Å²) in [5.41, 5.74) is 0.954. The zero-order valence-electron chi connectivity index (χ0n) is 10.8. The fourth-order valence-corrected chi connectivity index (χ4v) is 1.51. The number of carbonyl (C=O) groups is 2. The van der Waals surface area contributed by atoms with Crippen LogP contribution in [0.25, 0.3) is 0 Å². The summed E-state index contributed by atoms with van der Waals surface area (Å²) in [6, 6.07) is 5.97. The summed E-state index contributed by atoms with van der Waals surface area (Å²) in [5.74, 6) is -0.962. The second kappa shape index (κ2) is 6.05. The number of carboxylic acid groups (broad SMARTS) is 1. The highest BCUT2D eigenvalue weighted by molar-refractivity contribution is 5.88. The highest BCUT2D eigenvalue weighted by Gasteiger charge is 2.15. The fraction of sp³-hybridized carbons (Fsp3) is 0.385. The van der Waals surface area contributed by atoms with E-state index in [-0.39, 0.29) is 17.5 Å². The summed E-state index contributed by atoms with van der Waals surface area (Å²) in [6.07, 6.45) is 0. The molecule has 0 saturated heterocycles. The Kier molecular flexibility index (Phi) is 4.71. The van der Waals surface area contributed by atoms with Crippen LogP contribution < -0.4 is 5.32 Å². The maximum atomic E-state index is 11.8. The van der Waals surface area contributed by atoms with Crippen LogP contribution in [0.5, 0.6) is 0 Å². The third-order valence-electron chi connectivity index (χ3n) is 2.74. The Morgan fingerprint density at radius 1 is 1.33 bits per heavy atom. The van der Waals surface area contributed by atoms with Gasteiger partial charge in [0.15, 0.2) is 0 Å². The van der Waals surface area contributed by atoms with Gasteiger partial charge in [-0.15, -0.1) is 0 Å². The number of amides is 1. The first kappa shape index (κ1) is 14.0. The summed E-state index contributed by atoms with van der Waals surface area (Å²) >= 11 is 0. The van der Waals surface area contributed by atoms with Crippen molar-refractivity contribution in [1.29, 1.82) is 0 Å². The summed E-state index contributed by atoms with van der Waals surface area (Å²) < 4.78 is 0. The van der Waals surface area contributed by atoms with E-state index >= 15 is 0 Å². The lowest BCUT2D eigenvalue weighted by Gasteiger charge is -2.21. The van der Waals surface area contributed by atoms with Crippen molar-refractivity contribution in [1.82, 2.24) is 4.90 Å². The highest BCUT2D eigenvalue weighted by atomic mass is 16.4. The van der Waals surface area contributed by atoms with Crippen molar-refractivity contribution >= 4 is 17.6 Å². The first-order valence-electron chi connectivity index (χ1n) is 5.80. The number of aromatic carboxylic acids is 1.